The van der Waals surface area contributed by atoms with Gasteiger partial charge in [0.2, 0.25) is 5.91 Å². The highest BCUT2D eigenvalue weighted by atomic mass is 16.2. The Labute approximate surface area is 127 Å². The Kier molecular flexibility index (Phi) is 5.76. The van der Waals surface area contributed by atoms with E-state index in [2.05, 4.69) is 36.1 Å². The first-order chi connectivity index (χ1) is 10.1. The molecule has 0 radical (unpaired) electrons. The lowest BCUT2D eigenvalue weighted by Gasteiger charge is -2.31. The molecule has 1 saturated heterocycles. The lowest BCUT2D eigenvalue weighted by molar-refractivity contribution is -0.133. The number of likely N-dealkylation sites (N-methyl/N-ethyl adjacent to an activating group) is 1. The van der Waals surface area contributed by atoms with E-state index < -0.39 is 6.04 Å². The van der Waals surface area contributed by atoms with Crippen LogP contribution in [-0.4, -0.2) is 47.4 Å². The molecule has 1 unspecified atom stereocenters. The molecule has 1 aromatic carbocycles. The molecule has 1 fully saturated rings. The van der Waals surface area contributed by atoms with E-state index in [1.54, 1.807) is 6.92 Å². The van der Waals surface area contributed by atoms with E-state index in [1.165, 1.54) is 5.56 Å². The predicted molar refractivity (Wildman–Crippen MR) is 85.8 cm³/mol. The van der Waals surface area contributed by atoms with Crippen LogP contribution in [0.4, 0.5) is 0 Å². The highest BCUT2D eigenvalue weighted by molar-refractivity contribution is 5.81. The lowest BCUT2D eigenvalue weighted by atomic mass is 10.1. The third kappa shape index (κ3) is 4.29. The van der Waals surface area contributed by atoms with Crippen molar-refractivity contribution in [1.29, 1.82) is 0 Å². The first kappa shape index (κ1) is 16.0. The van der Waals surface area contributed by atoms with Crippen LogP contribution in [0.1, 0.15) is 32.3 Å². The number of benzene rings is 1. The van der Waals surface area contributed by atoms with Gasteiger partial charge in [0.15, 0.2) is 0 Å². The maximum atomic E-state index is 12.2. The molecule has 2 N–H and O–H groups in total. The molecule has 1 aliphatic heterocycles. The normalized spacial score (nSPS) is 20.0. The molecule has 0 aromatic heterocycles. The second-order valence-electron chi connectivity index (χ2n) is 5.93. The second kappa shape index (κ2) is 7.57. The molecule has 1 heterocycles. The summed E-state index contributed by atoms with van der Waals surface area (Å²) in [5.74, 6) is 0.0910. The molecule has 0 spiro atoms. The molecule has 0 bridgehead atoms. The number of nitrogens with zero attached hydrogens (tertiary/aromatic N) is 2. The van der Waals surface area contributed by atoms with Crippen LogP contribution in [0.5, 0.6) is 0 Å². The first-order valence-corrected chi connectivity index (χ1v) is 7.94. The summed E-state index contributed by atoms with van der Waals surface area (Å²) in [7, 11) is 0. The van der Waals surface area contributed by atoms with Crippen molar-refractivity contribution in [2.75, 3.05) is 19.6 Å². The fraction of sp³-hybridized carbons (Fsp3) is 0.588. The van der Waals surface area contributed by atoms with Crippen molar-refractivity contribution >= 4 is 5.91 Å². The van der Waals surface area contributed by atoms with Crippen molar-refractivity contribution in [1.82, 2.24) is 9.80 Å². The molecule has 4 heteroatoms. The molecule has 1 aliphatic rings. The summed E-state index contributed by atoms with van der Waals surface area (Å²) in [5, 5.41) is 0. The maximum Gasteiger partial charge on any atom is 0.239 e. The Bertz CT molecular complexity index is 447. The van der Waals surface area contributed by atoms with Crippen LogP contribution in [0.15, 0.2) is 30.3 Å². The third-order valence-electron chi connectivity index (χ3n) is 4.21. The minimum absolute atomic E-state index is 0.0910. The minimum atomic E-state index is -0.394. The van der Waals surface area contributed by atoms with Crippen LogP contribution in [0.2, 0.25) is 0 Å². The van der Waals surface area contributed by atoms with Gasteiger partial charge in [0.25, 0.3) is 0 Å². The largest absolute Gasteiger partial charge is 0.337 e. The van der Waals surface area contributed by atoms with E-state index in [9.17, 15) is 4.79 Å². The van der Waals surface area contributed by atoms with Gasteiger partial charge in [-0.3, -0.25) is 9.69 Å². The summed E-state index contributed by atoms with van der Waals surface area (Å²) in [6.07, 6.45) is 2.18. The molecular formula is C17H27N3O. The molecule has 116 valence electrons. The molecule has 2 atom stereocenters. The summed E-state index contributed by atoms with van der Waals surface area (Å²) < 4.78 is 0. The highest BCUT2D eigenvalue weighted by Gasteiger charge is 2.31. The summed E-state index contributed by atoms with van der Waals surface area (Å²) >= 11 is 0. The van der Waals surface area contributed by atoms with Crippen molar-refractivity contribution in [3.63, 3.8) is 0 Å². The van der Waals surface area contributed by atoms with E-state index in [-0.39, 0.29) is 5.91 Å². The Morgan fingerprint density at radius 2 is 2.14 bits per heavy atom. The van der Waals surface area contributed by atoms with E-state index >= 15 is 0 Å². The number of nitrogens with two attached hydrogens (primary N) is 1. The average Bonchev–Trinajstić information content (AvgIpc) is 2.94. The third-order valence-corrected chi connectivity index (χ3v) is 4.21. The van der Waals surface area contributed by atoms with E-state index in [0.29, 0.717) is 6.04 Å². The van der Waals surface area contributed by atoms with Gasteiger partial charge in [-0.1, -0.05) is 37.3 Å². The zero-order chi connectivity index (χ0) is 15.2. The van der Waals surface area contributed by atoms with Crippen molar-refractivity contribution in [2.45, 2.75) is 45.3 Å². The lowest BCUT2D eigenvalue weighted by Crippen LogP contribution is -2.48. The van der Waals surface area contributed by atoms with E-state index in [1.807, 2.05) is 11.0 Å². The van der Waals surface area contributed by atoms with Gasteiger partial charge in [-0.25, -0.2) is 0 Å². The van der Waals surface area contributed by atoms with Gasteiger partial charge in [0.1, 0.15) is 0 Å². The SMILES string of the molecule is CCN(Cc1ccccc1)C[C@@H]1CCCN1C(=O)C(C)N. The summed E-state index contributed by atoms with van der Waals surface area (Å²) in [4.78, 5) is 16.6. The summed E-state index contributed by atoms with van der Waals surface area (Å²) in [5.41, 5.74) is 7.08. The quantitative estimate of drug-likeness (QED) is 0.869. The molecule has 2 rings (SSSR count). The number of carbonyl (C=O) groups is 1. The maximum absolute atomic E-state index is 12.2. The van der Waals surface area contributed by atoms with Crippen LogP contribution in [-0.2, 0) is 11.3 Å². The fourth-order valence-corrected chi connectivity index (χ4v) is 3.02. The van der Waals surface area contributed by atoms with Crippen molar-refractivity contribution in [3.05, 3.63) is 35.9 Å². The Balaban J connectivity index is 1.96. The number of likely N-dealkylation sites (tertiary alicyclic amines) is 1. The van der Waals surface area contributed by atoms with Gasteiger partial charge in [-0.15, -0.1) is 0 Å². The number of amides is 1. The molecule has 4 nitrogen and oxygen atoms in total. The van der Waals surface area contributed by atoms with Gasteiger partial charge in [-0.05, 0) is 31.9 Å². The van der Waals surface area contributed by atoms with Crippen molar-refractivity contribution in [2.24, 2.45) is 5.73 Å². The van der Waals surface area contributed by atoms with Gasteiger partial charge < -0.3 is 10.6 Å². The Morgan fingerprint density at radius 1 is 1.43 bits per heavy atom. The average molecular weight is 289 g/mol. The van der Waals surface area contributed by atoms with Gasteiger partial charge in [-0.2, -0.15) is 0 Å². The molecule has 0 saturated carbocycles. The Hall–Kier alpha value is -1.39. The topological polar surface area (TPSA) is 49.6 Å². The molecule has 1 amide bonds. The summed E-state index contributed by atoms with van der Waals surface area (Å²) in [6, 6.07) is 10.4. The van der Waals surface area contributed by atoms with Crippen LogP contribution < -0.4 is 5.73 Å². The number of hydrogen-bond acceptors (Lipinski definition) is 3. The zero-order valence-corrected chi connectivity index (χ0v) is 13.2. The van der Waals surface area contributed by atoms with Crippen molar-refractivity contribution < 1.29 is 4.79 Å². The standard InChI is InChI=1S/C17H27N3O/c1-3-19(12-15-8-5-4-6-9-15)13-16-10-7-11-20(16)17(21)14(2)18/h4-6,8-9,14,16H,3,7,10-13,18H2,1-2H3/t14?,16-/m0/s1. The van der Waals surface area contributed by atoms with Crippen LogP contribution in [0, 0.1) is 0 Å². The van der Waals surface area contributed by atoms with E-state index in [4.69, 9.17) is 5.73 Å². The molecular weight excluding hydrogens is 262 g/mol. The minimum Gasteiger partial charge on any atom is -0.337 e. The highest BCUT2D eigenvalue weighted by Crippen LogP contribution is 2.20. The van der Waals surface area contributed by atoms with Crippen LogP contribution >= 0.6 is 0 Å². The first-order valence-electron chi connectivity index (χ1n) is 7.94. The molecule has 21 heavy (non-hydrogen) atoms. The molecule has 1 aromatic rings. The van der Waals surface area contributed by atoms with Crippen LogP contribution in [0.25, 0.3) is 0 Å². The predicted octanol–water partition coefficient (Wildman–Crippen LogP) is 1.85. The van der Waals surface area contributed by atoms with Crippen LogP contribution in [0.3, 0.4) is 0 Å². The Morgan fingerprint density at radius 3 is 2.76 bits per heavy atom. The number of hydrogen-bond donors (Lipinski definition) is 1. The smallest absolute Gasteiger partial charge is 0.239 e. The second-order valence-corrected chi connectivity index (χ2v) is 5.93. The van der Waals surface area contributed by atoms with Crippen molar-refractivity contribution in [3.8, 4) is 0 Å². The van der Waals surface area contributed by atoms with Gasteiger partial charge in [0.05, 0.1) is 6.04 Å². The monoisotopic (exact) mass is 289 g/mol. The number of rotatable bonds is 6. The molecule has 0 aliphatic carbocycles. The summed E-state index contributed by atoms with van der Waals surface area (Å²) in [6.45, 7) is 7.67. The van der Waals surface area contributed by atoms with E-state index in [0.717, 1.165) is 39.0 Å². The van der Waals surface area contributed by atoms with Gasteiger partial charge in [0, 0.05) is 25.7 Å². The fourth-order valence-electron chi connectivity index (χ4n) is 3.02. The number of carbonyl (C=O) groups excluding carboxylic acids is 1. The zero-order valence-electron chi connectivity index (χ0n) is 13.2. The van der Waals surface area contributed by atoms with Gasteiger partial charge >= 0.3 is 0 Å².